The maximum absolute atomic E-state index is 12.7. The molecule has 0 radical (unpaired) electrons. The van der Waals surface area contributed by atoms with E-state index in [-0.39, 0.29) is 11.9 Å². The molecule has 28 heavy (non-hydrogen) atoms. The van der Waals surface area contributed by atoms with E-state index >= 15 is 0 Å². The van der Waals surface area contributed by atoms with Crippen LogP contribution in [0.2, 0.25) is 0 Å². The number of hydrogen-bond acceptors (Lipinski definition) is 7. The molecule has 8 heteroatoms. The minimum atomic E-state index is -0.786. The Kier molecular flexibility index (Phi) is 5.57. The molecule has 1 fully saturated rings. The highest BCUT2D eigenvalue weighted by Gasteiger charge is 2.29. The van der Waals surface area contributed by atoms with Gasteiger partial charge in [0.2, 0.25) is 5.95 Å². The highest BCUT2D eigenvalue weighted by atomic mass is 32.1. The van der Waals surface area contributed by atoms with Gasteiger partial charge in [-0.1, -0.05) is 0 Å². The van der Waals surface area contributed by atoms with E-state index in [0.29, 0.717) is 37.7 Å². The van der Waals surface area contributed by atoms with Gasteiger partial charge in [-0.15, -0.1) is 11.3 Å². The van der Waals surface area contributed by atoms with Gasteiger partial charge in [-0.2, -0.15) is 0 Å². The van der Waals surface area contributed by atoms with Crippen LogP contribution < -0.4 is 4.90 Å². The molecule has 0 aromatic carbocycles. The fraction of sp³-hybridized carbons (Fsp3) is 0.500. The molecule has 1 saturated heterocycles. The van der Waals surface area contributed by atoms with Crippen molar-refractivity contribution >= 4 is 29.2 Å². The Morgan fingerprint density at radius 1 is 1.11 bits per heavy atom. The number of hydrogen-bond donors (Lipinski definition) is 0. The van der Waals surface area contributed by atoms with Crippen LogP contribution in [0.1, 0.15) is 40.6 Å². The quantitative estimate of drug-likeness (QED) is 0.733. The Labute approximate surface area is 168 Å². The number of aryl methyl sites for hydroxylation is 1. The lowest BCUT2D eigenvalue weighted by Gasteiger charge is -2.35. The first-order valence-electron chi connectivity index (χ1n) is 9.74. The van der Waals surface area contributed by atoms with Crippen molar-refractivity contribution in [3.05, 3.63) is 39.8 Å². The highest BCUT2D eigenvalue weighted by Crippen LogP contribution is 2.30. The van der Waals surface area contributed by atoms with Crippen molar-refractivity contribution in [3.63, 3.8) is 0 Å². The van der Waals surface area contributed by atoms with Gasteiger partial charge in [0, 0.05) is 48.8 Å². The van der Waals surface area contributed by atoms with E-state index in [9.17, 15) is 9.59 Å². The third kappa shape index (κ3) is 3.87. The van der Waals surface area contributed by atoms with Gasteiger partial charge in [0.05, 0.1) is 5.56 Å². The van der Waals surface area contributed by atoms with Crippen molar-refractivity contribution in [1.82, 2.24) is 14.9 Å². The lowest BCUT2D eigenvalue weighted by atomic mass is 9.96. The Morgan fingerprint density at radius 3 is 2.57 bits per heavy atom. The van der Waals surface area contributed by atoms with Crippen molar-refractivity contribution in [2.45, 2.75) is 38.7 Å². The number of piperazine rings is 1. The summed E-state index contributed by atoms with van der Waals surface area (Å²) in [4.78, 5) is 38.9. The molecule has 148 valence electrons. The summed E-state index contributed by atoms with van der Waals surface area (Å²) >= 11 is 1.63. The topological polar surface area (TPSA) is 75.6 Å². The Morgan fingerprint density at radius 2 is 1.82 bits per heavy atom. The highest BCUT2D eigenvalue weighted by molar-refractivity contribution is 7.10. The molecule has 0 bridgehead atoms. The second kappa shape index (κ2) is 8.26. The fourth-order valence-electron chi connectivity index (χ4n) is 3.78. The Balaban J connectivity index is 1.33. The summed E-state index contributed by atoms with van der Waals surface area (Å²) in [6, 6.07) is 1.78. The van der Waals surface area contributed by atoms with Gasteiger partial charge in [-0.25, -0.2) is 14.8 Å². The van der Waals surface area contributed by atoms with Crippen molar-refractivity contribution in [1.29, 1.82) is 0 Å². The van der Waals surface area contributed by atoms with E-state index < -0.39 is 6.10 Å². The van der Waals surface area contributed by atoms with Gasteiger partial charge < -0.3 is 14.5 Å². The van der Waals surface area contributed by atoms with Crippen LogP contribution >= 0.6 is 11.3 Å². The molecular formula is C20H24N4O3S. The maximum atomic E-state index is 12.7. The largest absolute Gasteiger partial charge is 0.449 e. The lowest BCUT2D eigenvalue weighted by molar-refractivity contribution is -0.140. The Hall–Kier alpha value is -2.48. The van der Waals surface area contributed by atoms with Crippen LogP contribution in [0.25, 0.3) is 0 Å². The van der Waals surface area contributed by atoms with E-state index in [2.05, 4.69) is 14.9 Å². The molecule has 1 atom stereocenters. The molecule has 7 nitrogen and oxygen atoms in total. The predicted molar refractivity (Wildman–Crippen MR) is 107 cm³/mol. The maximum Gasteiger partial charge on any atom is 0.340 e. The minimum absolute atomic E-state index is 0.147. The van der Waals surface area contributed by atoms with Crippen LogP contribution in [0.15, 0.2) is 23.8 Å². The molecule has 2 aromatic rings. The molecule has 1 unspecified atom stereocenters. The fourth-order valence-corrected chi connectivity index (χ4v) is 4.89. The number of fused-ring (bicyclic) bond motifs is 1. The SMILES string of the molecule is CC(OC(=O)c1csc2c1CCCC2)C(=O)N1CCN(c2ncccn2)CC1. The predicted octanol–water partition coefficient (Wildman–Crippen LogP) is 2.31. The molecule has 3 heterocycles. The standard InChI is InChI=1S/C20H24N4O3S/c1-14(27-19(26)16-13-28-17-6-3-2-5-15(16)17)18(25)23-9-11-24(12-10-23)20-21-7-4-8-22-20/h4,7-8,13-14H,2-3,5-6,9-12H2,1H3. The van der Waals surface area contributed by atoms with Crippen LogP contribution in [-0.4, -0.2) is 59.0 Å². The summed E-state index contributed by atoms with van der Waals surface area (Å²) in [6.07, 6.45) is 6.89. The summed E-state index contributed by atoms with van der Waals surface area (Å²) in [6.45, 7) is 4.11. The van der Waals surface area contributed by atoms with E-state index in [4.69, 9.17) is 4.74 Å². The number of anilines is 1. The van der Waals surface area contributed by atoms with Gasteiger partial charge in [0.25, 0.3) is 5.91 Å². The molecule has 1 amide bonds. The molecule has 0 saturated carbocycles. The molecule has 1 aliphatic heterocycles. The van der Waals surface area contributed by atoms with Gasteiger partial charge in [-0.3, -0.25) is 4.79 Å². The van der Waals surface area contributed by atoms with E-state index in [1.165, 1.54) is 11.3 Å². The average molecular weight is 401 g/mol. The van der Waals surface area contributed by atoms with E-state index in [1.807, 2.05) is 5.38 Å². The third-order valence-electron chi connectivity index (χ3n) is 5.34. The minimum Gasteiger partial charge on any atom is -0.449 e. The molecule has 2 aromatic heterocycles. The number of esters is 1. The van der Waals surface area contributed by atoms with E-state index in [1.54, 1.807) is 41.6 Å². The molecule has 4 rings (SSSR count). The first kappa shape index (κ1) is 18.9. The van der Waals surface area contributed by atoms with Gasteiger partial charge >= 0.3 is 5.97 Å². The van der Waals surface area contributed by atoms with Gasteiger partial charge in [-0.05, 0) is 44.2 Å². The number of amides is 1. The normalized spacial score (nSPS) is 17.8. The summed E-state index contributed by atoms with van der Waals surface area (Å²) in [5.74, 6) is 0.152. The zero-order chi connectivity index (χ0) is 19.5. The van der Waals surface area contributed by atoms with Crippen LogP contribution in [0, 0.1) is 0 Å². The third-order valence-corrected chi connectivity index (χ3v) is 6.43. The zero-order valence-corrected chi connectivity index (χ0v) is 16.8. The summed E-state index contributed by atoms with van der Waals surface area (Å²) in [5.41, 5.74) is 1.77. The first-order valence-corrected chi connectivity index (χ1v) is 10.6. The van der Waals surface area contributed by atoms with Gasteiger partial charge in [0.1, 0.15) is 0 Å². The summed E-state index contributed by atoms with van der Waals surface area (Å²) in [7, 11) is 0. The number of rotatable bonds is 4. The molecular weight excluding hydrogens is 376 g/mol. The van der Waals surface area contributed by atoms with Crippen molar-refractivity contribution < 1.29 is 14.3 Å². The molecule has 2 aliphatic rings. The van der Waals surface area contributed by atoms with Crippen LogP contribution in [-0.2, 0) is 22.4 Å². The monoisotopic (exact) mass is 400 g/mol. The lowest BCUT2D eigenvalue weighted by Crippen LogP contribution is -2.52. The first-order chi connectivity index (χ1) is 13.6. The van der Waals surface area contributed by atoms with Gasteiger partial charge in [0.15, 0.2) is 6.10 Å². The molecule has 0 N–H and O–H groups in total. The average Bonchev–Trinajstić information content (AvgIpc) is 3.18. The Bertz CT molecular complexity index is 846. The summed E-state index contributed by atoms with van der Waals surface area (Å²) < 4.78 is 5.53. The van der Waals surface area contributed by atoms with Crippen LogP contribution in [0.5, 0.6) is 0 Å². The number of ether oxygens (including phenoxy) is 1. The van der Waals surface area contributed by atoms with Crippen LogP contribution in [0.4, 0.5) is 5.95 Å². The van der Waals surface area contributed by atoms with Crippen LogP contribution in [0.3, 0.4) is 0 Å². The van der Waals surface area contributed by atoms with E-state index in [0.717, 1.165) is 24.8 Å². The second-order valence-electron chi connectivity index (χ2n) is 7.17. The number of carbonyl (C=O) groups excluding carboxylic acids is 2. The van der Waals surface area contributed by atoms with Crippen molar-refractivity contribution in [3.8, 4) is 0 Å². The number of carbonyl (C=O) groups is 2. The zero-order valence-electron chi connectivity index (χ0n) is 16.0. The number of nitrogens with zero attached hydrogens (tertiary/aromatic N) is 4. The van der Waals surface area contributed by atoms with Crippen molar-refractivity contribution in [2.24, 2.45) is 0 Å². The summed E-state index contributed by atoms with van der Waals surface area (Å²) in [5, 5.41) is 1.88. The van der Waals surface area contributed by atoms with Crippen molar-refractivity contribution in [2.75, 3.05) is 31.1 Å². The smallest absolute Gasteiger partial charge is 0.340 e. The number of thiophene rings is 1. The molecule has 1 aliphatic carbocycles. The molecule has 0 spiro atoms. The number of aromatic nitrogens is 2. The second-order valence-corrected chi connectivity index (χ2v) is 8.13.